The molecule has 1 aromatic carbocycles. The van der Waals surface area contributed by atoms with E-state index in [1.54, 1.807) is 24.4 Å². The Labute approximate surface area is 102 Å². The molecule has 5 heteroatoms. The first-order valence-corrected chi connectivity index (χ1v) is 5.80. The number of anilines is 1. The van der Waals surface area contributed by atoms with Gasteiger partial charge in [0.25, 0.3) is 5.91 Å². The number of rotatable bonds is 2. The highest BCUT2D eigenvalue weighted by atomic mass is 35.5. The molecule has 1 amide bonds. The summed E-state index contributed by atoms with van der Waals surface area (Å²) < 4.78 is 3.88. The van der Waals surface area contributed by atoms with E-state index in [9.17, 15) is 4.79 Å². The van der Waals surface area contributed by atoms with E-state index in [0.717, 1.165) is 11.3 Å². The molecule has 0 spiro atoms. The van der Waals surface area contributed by atoms with Crippen LogP contribution < -0.4 is 5.32 Å². The molecule has 0 aliphatic rings. The maximum atomic E-state index is 11.8. The van der Waals surface area contributed by atoms with Crippen LogP contribution >= 0.6 is 23.1 Å². The van der Waals surface area contributed by atoms with Gasteiger partial charge in [0.15, 0.2) is 0 Å². The van der Waals surface area contributed by atoms with Crippen molar-refractivity contribution in [2.75, 3.05) is 5.32 Å². The van der Waals surface area contributed by atoms with Crippen LogP contribution in [0.5, 0.6) is 0 Å². The van der Waals surface area contributed by atoms with Crippen LogP contribution in [0.1, 0.15) is 15.2 Å². The zero-order chi connectivity index (χ0) is 11.5. The molecule has 1 heterocycles. The number of aromatic nitrogens is 1. The number of nitrogens with one attached hydrogen (secondary N) is 1. The maximum absolute atomic E-state index is 11.8. The van der Waals surface area contributed by atoms with Crippen molar-refractivity contribution in [2.45, 2.75) is 6.92 Å². The van der Waals surface area contributed by atoms with E-state index in [1.807, 2.05) is 13.0 Å². The van der Waals surface area contributed by atoms with Crippen LogP contribution in [-0.2, 0) is 0 Å². The SMILES string of the molecule is Cc1ccc(Cl)cc1NC(=O)c1ccns1. The first-order chi connectivity index (χ1) is 7.66. The average Bonchev–Trinajstić information content (AvgIpc) is 2.76. The number of benzene rings is 1. The molecule has 82 valence electrons. The van der Waals surface area contributed by atoms with Crippen LogP contribution in [0, 0.1) is 6.92 Å². The Morgan fingerprint density at radius 2 is 2.25 bits per heavy atom. The Balaban J connectivity index is 2.21. The summed E-state index contributed by atoms with van der Waals surface area (Å²) >= 11 is 7.03. The number of carbonyl (C=O) groups excluding carboxylic acids is 1. The fourth-order valence-electron chi connectivity index (χ4n) is 1.25. The molecule has 3 nitrogen and oxygen atoms in total. The summed E-state index contributed by atoms with van der Waals surface area (Å²) in [5.74, 6) is -0.159. The highest BCUT2D eigenvalue weighted by Gasteiger charge is 2.09. The summed E-state index contributed by atoms with van der Waals surface area (Å²) in [5.41, 5.74) is 1.70. The number of hydrogen-bond acceptors (Lipinski definition) is 3. The third-order valence-electron chi connectivity index (χ3n) is 2.11. The Morgan fingerprint density at radius 1 is 1.44 bits per heavy atom. The van der Waals surface area contributed by atoms with E-state index in [0.29, 0.717) is 9.90 Å². The third-order valence-corrected chi connectivity index (χ3v) is 3.09. The quantitative estimate of drug-likeness (QED) is 0.891. The van der Waals surface area contributed by atoms with Gasteiger partial charge in [0, 0.05) is 16.9 Å². The van der Waals surface area contributed by atoms with Gasteiger partial charge in [0.2, 0.25) is 0 Å². The van der Waals surface area contributed by atoms with Crippen LogP contribution in [0.2, 0.25) is 5.02 Å². The smallest absolute Gasteiger partial charge is 0.267 e. The molecule has 0 fully saturated rings. The molecule has 1 N–H and O–H groups in total. The van der Waals surface area contributed by atoms with Gasteiger partial charge in [0.05, 0.1) is 0 Å². The predicted octanol–water partition coefficient (Wildman–Crippen LogP) is 3.36. The van der Waals surface area contributed by atoms with Gasteiger partial charge in [-0.3, -0.25) is 4.79 Å². The molecule has 0 saturated carbocycles. The van der Waals surface area contributed by atoms with E-state index in [4.69, 9.17) is 11.6 Å². The normalized spacial score (nSPS) is 10.1. The summed E-state index contributed by atoms with van der Waals surface area (Å²) in [6.45, 7) is 1.92. The van der Waals surface area contributed by atoms with E-state index in [2.05, 4.69) is 9.69 Å². The van der Waals surface area contributed by atoms with Crippen molar-refractivity contribution in [1.29, 1.82) is 0 Å². The Morgan fingerprint density at radius 3 is 2.94 bits per heavy atom. The number of carbonyl (C=O) groups is 1. The Kier molecular flexibility index (Phi) is 3.22. The van der Waals surface area contributed by atoms with Crippen molar-refractivity contribution >= 4 is 34.7 Å². The number of halogens is 1. The fourth-order valence-corrected chi connectivity index (χ4v) is 1.91. The summed E-state index contributed by atoms with van der Waals surface area (Å²) in [7, 11) is 0. The zero-order valence-corrected chi connectivity index (χ0v) is 10.1. The molecule has 16 heavy (non-hydrogen) atoms. The minimum Gasteiger partial charge on any atom is -0.321 e. The van der Waals surface area contributed by atoms with Crippen molar-refractivity contribution < 1.29 is 4.79 Å². The lowest BCUT2D eigenvalue weighted by Crippen LogP contribution is -2.11. The van der Waals surface area contributed by atoms with Gasteiger partial charge >= 0.3 is 0 Å². The molecule has 0 saturated heterocycles. The average molecular weight is 253 g/mol. The largest absolute Gasteiger partial charge is 0.321 e. The van der Waals surface area contributed by atoms with Crippen LogP contribution in [0.4, 0.5) is 5.69 Å². The first kappa shape index (κ1) is 11.1. The summed E-state index contributed by atoms with van der Waals surface area (Å²) in [5, 5.41) is 3.40. The first-order valence-electron chi connectivity index (χ1n) is 4.65. The highest BCUT2D eigenvalue weighted by Crippen LogP contribution is 2.21. The van der Waals surface area contributed by atoms with Gasteiger partial charge in [-0.15, -0.1) is 0 Å². The molecule has 0 radical (unpaired) electrons. The van der Waals surface area contributed by atoms with Gasteiger partial charge in [-0.2, -0.15) is 0 Å². The van der Waals surface area contributed by atoms with Crippen LogP contribution in [0.15, 0.2) is 30.5 Å². The van der Waals surface area contributed by atoms with Crippen molar-refractivity contribution in [3.8, 4) is 0 Å². The maximum Gasteiger partial charge on any atom is 0.267 e. The molecule has 0 atom stereocenters. The van der Waals surface area contributed by atoms with Crippen LogP contribution in [0.25, 0.3) is 0 Å². The Hall–Kier alpha value is -1.39. The van der Waals surface area contributed by atoms with Gasteiger partial charge in [-0.25, -0.2) is 4.37 Å². The monoisotopic (exact) mass is 252 g/mol. The van der Waals surface area contributed by atoms with E-state index < -0.39 is 0 Å². The highest BCUT2D eigenvalue weighted by molar-refractivity contribution is 7.08. The number of amides is 1. The molecule has 0 aliphatic carbocycles. The van der Waals surface area contributed by atoms with E-state index >= 15 is 0 Å². The topological polar surface area (TPSA) is 42.0 Å². The molecular weight excluding hydrogens is 244 g/mol. The lowest BCUT2D eigenvalue weighted by atomic mass is 10.2. The second-order valence-electron chi connectivity index (χ2n) is 3.29. The molecule has 0 aliphatic heterocycles. The molecule has 0 bridgehead atoms. The van der Waals surface area contributed by atoms with Gasteiger partial charge in [-0.1, -0.05) is 17.7 Å². The Bertz CT molecular complexity index is 511. The molecular formula is C11H9ClN2OS. The molecule has 2 aromatic rings. The second kappa shape index (κ2) is 4.63. The standard InChI is InChI=1S/C11H9ClN2OS/c1-7-2-3-8(12)6-9(7)14-11(15)10-4-5-13-16-10/h2-6H,1H3,(H,14,15). The lowest BCUT2D eigenvalue weighted by Gasteiger charge is -2.07. The molecule has 1 aromatic heterocycles. The summed E-state index contributed by atoms with van der Waals surface area (Å²) in [4.78, 5) is 12.3. The summed E-state index contributed by atoms with van der Waals surface area (Å²) in [6, 6.07) is 7.07. The van der Waals surface area contributed by atoms with Crippen LogP contribution in [-0.4, -0.2) is 10.3 Å². The summed E-state index contributed by atoms with van der Waals surface area (Å²) in [6.07, 6.45) is 1.60. The van der Waals surface area contributed by atoms with Gasteiger partial charge in [0.1, 0.15) is 4.88 Å². The predicted molar refractivity (Wildman–Crippen MR) is 66.3 cm³/mol. The van der Waals surface area contributed by atoms with Gasteiger partial charge < -0.3 is 5.32 Å². The van der Waals surface area contributed by atoms with Gasteiger partial charge in [-0.05, 0) is 42.2 Å². The fraction of sp³-hybridized carbons (Fsp3) is 0.0909. The molecule has 0 unspecified atom stereocenters. The van der Waals surface area contributed by atoms with Crippen molar-refractivity contribution in [1.82, 2.24) is 4.37 Å². The number of aryl methyl sites for hydroxylation is 1. The lowest BCUT2D eigenvalue weighted by molar-refractivity contribution is 0.103. The van der Waals surface area contributed by atoms with E-state index in [-0.39, 0.29) is 5.91 Å². The number of nitrogens with zero attached hydrogens (tertiary/aromatic N) is 1. The second-order valence-corrected chi connectivity index (χ2v) is 4.56. The van der Waals surface area contributed by atoms with Crippen LogP contribution in [0.3, 0.4) is 0 Å². The molecule has 2 rings (SSSR count). The van der Waals surface area contributed by atoms with E-state index in [1.165, 1.54) is 11.5 Å². The third kappa shape index (κ3) is 2.40. The number of hydrogen-bond donors (Lipinski definition) is 1. The van der Waals surface area contributed by atoms with Crippen molar-refractivity contribution in [3.63, 3.8) is 0 Å². The van der Waals surface area contributed by atoms with Crippen molar-refractivity contribution in [3.05, 3.63) is 45.9 Å². The zero-order valence-electron chi connectivity index (χ0n) is 8.53. The minimum atomic E-state index is -0.159. The minimum absolute atomic E-state index is 0.159. The van der Waals surface area contributed by atoms with Crippen molar-refractivity contribution in [2.24, 2.45) is 0 Å².